The lowest BCUT2D eigenvalue weighted by molar-refractivity contribution is -0.128. The maximum Gasteiger partial charge on any atom is 0.273 e. The van der Waals surface area contributed by atoms with Gasteiger partial charge in [-0.05, 0) is 37.3 Å². The minimum atomic E-state index is -0.222. The van der Waals surface area contributed by atoms with E-state index in [9.17, 15) is 4.79 Å². The smallest absolute Gasteiger partial charge is 0.273 e. The second kappa shape index (κ2) is 8.92. The summed E-state index contributed by atoms with van der Waals surface area (Å²) in [6, 6.07) is 8.52. The highest BCUT2D eigenvalue weighted by Gasteiger charge is 2.41. The summed E-state index contributed by atoms with van der Waals surface area (Å²) in [6.07, 6.45) is 2.59. The van der Waals surface area contributed by atoms with Crippen molar-refractivity contribution in [2.24, 2.45) is 0 Å². The first-order chi connectivity index (χ1) is 14.1. The Morgan fingerprint density at radius 2 is 1.93 bits per heavy atom. The van der Waals surface area contributed by atoms with E-state index >= 15 is 0 Å². The molecule has 0 radical (unpaired) electrons. The Hall–Kier alpha value is -1.80. The monoisotopic (exact) mass is 415 g/mol. The Bertz CT molecular complexity index is 828. The molecule has 0 bridgehead atoms. The van der Waals surface area contributed by atoms with Gasteiger partial charge in [-0.1, -0.05) is 24.3 Å². The number of carbonyl (C=O) groups is 1. The van der Waals surface area contributed by atoms with Gasteiger partial charge in [0.1, 0.15) is 5.69 Å². The molecule has 1 aromatic carbocycles. The van der Waals surface area contributed by atoms with Crippen molar-refractivity contribution < 1.29 is 14.6 Å². The van der Waals surface area contributed by atoms with Crippen molar-refractivity contribution >= 4 is 17.2 Å². The maximum atomic E-state index is 12.8. The number of aliphatic hydroxyl groups excluding tert-OH is 1. The fourth-order valence-corrected chi connectivity index (χ4v) is 4.85. The molecule has 2 aliphatic rings. The lowest BCUT2D eigenvalue weighted by atomic mass is 9.89. The van der Waals surface area contributed by atoms with Crippen molar-refractivity contribution in [3.8, 4) is 0 Å². The quantitative estimate of drug-likeness (QED) is 0.813. The van der Waals surface area contributed by atoms with Crippen LogP contribution in [0.1, 0.15) is 39.5 Å². The van der Waals surface area contributed by atoms with Crippen LogP contribution in [0.2, 0.25) is 0 Å². The number of thiazole rings is 1. The van der Waals surface area contributed by atoms with Gasteiger partial charge >= 0.3 is 0 Å². The lowest BCUT2D eigenvalue weighted by Gasteiger charge is -2.47. The van der Waals surface area contributed by atoms with Crippen LogP contribution in [-0.2, 0) is 17.7 Å². The van der Waals surface area contributed by atoms with Crippen LogP contribution in [0, 0.1) is 6.92 Å². The zero-order valence-corrected chi connectivity index (χ0v) is 17.8. The van der Waals surface area contributed by atoms with Crippen LogP contribution >= 0.6 is 11.3 Å². The number of morpholine rings is 1. The summed E-state index contributed by atoms with van der Waals surface area (Å²) in [5.41, 5.74) is 2.81. The summed E-state index contributed by atoms with van der Waals surface area (Å²) >= 11 is 1.52. The zero-order valence-electron chi connectivity index (χ0n) is 17.0. The maximum absolute atomic E-state index is 12.8. The number of benzene rings is 1. The average molecular weight is 416 g/mol. The molecule has 1 aromatic heterocycles. The van der Waals surface area contributed by atoms with Gasteiger partial charge in [0.15, 0.2) is 0 Å². The molecule has 1 amide bonds. The van der Waals surface area contributed by atoms with E-state index < -0.39 is 0 Å². The number of carbonyl (C=O) groups excluding carboxylic acids is 1. The number of hydrogen-bond acceptors (Lipinski definition) is 6. The number of rotatable bonds is 5. The van der Waals surface area contributed by atoms with Crippen molar-refractivity contribution in [1.29, 1.82) is 0 Å². The van der Waals surface area contributed by atoms with Gasteiger partial charge in [-0.25, -0.2) is 4.98 Å². The van der Waals surface area contributed by atoms with E-state index in [1.54, 1.807) is 0 Å². The van der Waals surface area contributed by atoms with Gasteiger partial charge in [-0.3, -0.25) is 9.69 Å². The molecule has 0 saturated carbocycles. The summed E-state index contributed by atoms with van der Waals surface area (Å²) in [4.78, 5) is 21.6. The molecule has 29 heavy (non-hydrogen) atoms. The Morgan fingerprint density at radius 1 is 1.21 bits per heavy atom. The number of likely N-dealkylation sites (tertiary alicyclic amines) is 1. The molecule has 3 heterocycles. The van der Waals surface area contributed by atoms with E-state index in [4.69, 9.17) is 9.84 Å². The molecule has 0 unspecified atom stereocenters. The highest BCUT2D eigenvalue weighted by molar-refractivity contribution is 7.09. The molecule has 2 fully saturated rings. The van der Waals surface area contributed by atoms with E-state index in [0.717, 1.165) is 37.5 Å². The highest BCUT2D eigenvalue weighted by atomic mass is 32.1. The van der Waals surface area contributed by atoms with E-state index in [1.807, 2.05) is 17.2 Å². The van der Waals surface area contributed by atoms with E-state index in [1.165, 1.54) is 22.5 Å². The Balaban J connectivity index is 1.32. The largest absolute Gasteiger partial charge is 0.396 e. The van der Waals surface area contributed by atoms with Crippen LogP contribution in [0.5, 0.6) is 0 Å². The van der Waals surface area contributed by atoms with Crippen molar-refractivity contribution in [3.05, 3.63) is 51.5 Å². The van der Waals surface area contributed by atoms with Gasteiger partial charge < -0.3 is 14.7 Å². The minimum Gasteiger partial charge on any atom is -0.396 e. The first-order valence-electron chi connectivity index (χ1n) is 10.3. The van der Waals surface area contributed by atoms with Crippen LogP contribution < -0.4 is 0 Å². The summed E-state index contributed by atoms with van der Waals surface area (Å²) < 4.78 is 6.21. The molecule has 7 heteroatoms. The number of hydrogen-bond donors (Lipinski definition) is 1. The molecule has 1 N–H and O–H groups in total. The Morgan fingerprint density at radius 3 is 2.59 bits per heavy atom. The third kappa shape index (κ3) is 4.86. The summed E-state index contributed by atoms with van der Waals surface area (Å²) in [5.74, 6) is 0.0300. The minimum absolute atomic E-state index is 0.0300. The van der Waals surface area contributed by atoms with E-state index in [0.29, 0.717) is 31.8 Å². The van der Waals surface area contributed by atoms with Gasteiger partial charge in [0.25, 0.3) is 5.91 Å². The zero-order chi connectivity index (χ0) is 20.3. The van der Waals surface area contributed by atoms with Gasteiger partial charge in [0.2, 0.25) is 0 Å². The number of ether oxygens (including phenoxy) is 1. The fraction of sp³-hybridized carbons (Fsp3) is 0.545. The molecule has 1 spiro atoms. The van der Waals surface area contributed by atoms with Crippen molar-refractivity contribution in [1.82, 2.24) is 14.8 Å². The average Bonchev–Trinajstić information content (AvgIpc) is 3.17. The Kier molecular flexibility index (Phi) is 6.29. The SMILES string of the molecule is Cc1nc(C(=O)N2CCOC3(CCN(Cc4ccc(CCO)cc4)CC3)C2)cs1. The standard InChI is InChI=1S/C22H29N3O3S/c1-17-23-20(15-29-17)21(27)25-11-13-28-22(16-25)7-9-24(10-8-22)14-19-4-2-18(3-5-19)6-12-26/h2-5,15,26H,6-14,16H2,1H3. The topological polar surface area (TPSA) is 65.9 Å². The molecule has 4 rings (SSSR count). The molecule has 2 aromatic rings. The number of amides is 1. The predicted octanol–water partition coefficient (Wildman–Crippen LogP) is 2.49. The molecule has 0 aliphatic carbocycles. The molecule has 2 aliphatic heterocycles. The highest BCUT2D eigenvalue weighted by Crippen LogP contribution is 2.31. The fourth-order valence-electron chi connectivity index (χ4n) is 4.26. The van der Waals surface area contributed by atoms with Gasteiger partial charge in [0, 0.05) is 38.2 Å². The number of nitrogens with zero attached hydrogens (tertiary/aromatic N) is 3. The third-order valence-electron chi connectivity index (χ3n) is 5.97. The number of piperidine rings is 1. The van der Waals surface area contributed by atoms with Crippen LogP contribution in [0.4, 0.5) is 0 Å². The molecule has 156 valence electrons. The number of aromatic nitrogens is 1. The van der Waals surface area contributed by atoms with Crippen molar-refractivity contribution in [2.75, 3.05) is 39.4 Å². The number of aryl methyl sites for hydroxylation is 1. The van der Waals surface area contributed by atoms with E-state index in [-0.39, 0.29) is 18.1 Å². The van der Waals surface area contributed by atoms with Crippen molar-refractivity contribution in [3.63, 3.8) is 0 Å². The molecule has 6 nitrogen and oxygen atoms in total. The van der Waals surface area contributed by atoms with Crippen LogP contribution in [-0.4, -0.2) is 70.8 Å². The molecular formula is C22H29N3O3S. The summed E-state index contributed by atoms with van der Waals surface area (Å²) in [6.45, 7) is 6.88. The van der Waals surface area contributed by atoms with Gasteiger partial charge in [0.05, 0.1) is 23.8 Å². The summed E-state index contributed by atoms with van der Waals surface area (Å²) in [7, 11) is 0. The van der Waals surface area contributed by atoms with Gasteiger partial charge in [-0.2, -0.15) is 0 Å². The second-order valence-corrected chi connectivity index (χ2v) is 9.14. The van der Waals surface area contributed by atoms with E-state index in [2.05, 4.69) is 34.1 Å². The molecule has 0 atom stereocenters. The molecule has 2 saturated heterocycles. The Labute approximate surface area is 176 Å². The van der Waals surface area contributed by atoms with Crippen LogP contribution in [0.25, 0.3) is 0 Å². The lowest BCUT2D eigenvalue weighted by Crippen LogP contribution is -2.58. The summed E-state index contributed by atoms with van der Waals surface area (Å²) in [5, 5.41) is 11.8. The normalized spacial score (nSPS) is 19.6. The van der Waals surface area contributed by atoms with Crippen LogP contribution in [0.3, 0.4) is 0 Å². The number of aliphatic hydroxyl groups is 1. The second-order valence-electron chi connectivity index (χ2n) is 8.08. The predicted molar refractivity (Wildman–Crippen MR) is 113 cm³/mol. The van der Waals surface area contributed by atoms with Crippen LogP contribution in [0.15, 0.2) is 29.6 Å². The van der Waals surface area contributed by atoms with Crippen molar-refractivity contribution in [2.45, 2.75) is 38.3 Å². The first kappa shape index (κ1) is 20.5. The first-order valence-corrected chi connectivity index (χ1v) is 11.2. The molecular weight excluding hydrogens is 386 g/mol. The third-order valence-corrected chi connectivity index (χ3v) is 6.74. The van der Waals surface area contributed by atoms with Gasteiger partial charge in [-0.15, -0.1) is 11.3 Å².